The molecule has 1 aromatic carbocycles. The van der Waals surface area contributed by atoms with Crippen molar-refractivity contribution in [3.63, 3.8) is 0 Å². The number of pyridine rings is 1. The average Bonchev–Trinajstić information content (AvgIpc) is 2.37. The zero-order valence-electron chi connectivity index (χ0n) is 11.5. The summed E-state index contributed by atoms with van der Waals surface area (Å²) < 4.78 is 28.8. The second-order valence-electron chi connectivity index (χ2n) is 5.04. The van der Waals surface area contributed by atoms with E-state index in [-0.39, 0.29) is 4.90 Å². The van der Waals surface area contributed by atoms with Crippen molar-refractivity contribution in [2.24, 2.45) is 11.1 Å². The minimum Gasteiger partial charge on any atom is -0.493 e. The number of sulfonamides is 1. The first-order valence-electron chi connectivity index (χ1n) is 6.43. The van der Waals surface area contributed by atoms with Crippen LogP contribution >= 0.6 is 0 Å². The van der Waals surface area contributed by atoms with Gasteiger partial charge in [0.15, 0.2) is 0 Å². The van der Waals surface area contributed by atoms with Crippen molar-refractivity contribution in [1.82, 2.24) is 4.98 Å². The molecule has 0 bridgehead atoms. The first-order valence-corrected chi connectivity index (χ1v) is 7.97. The number of hydrogen-bond donors (Lipinski definition) is 1. The van der Waals surface area contributed by atoms with E-state index in [1.165, 1.54) is 12.3 Å². The Kier molecular flexibility index (Phi) is 4.25. The van der Waals surface area contributed by atoms with Gasteiger partial charge in [0.2, 0.25) is 10.0 Å². The van der Waals surface area contributed by atoms with Gasteiger partial charge in [-0.15, -0.1) is 0 Å². The fourth-order valence-corrected chi connectivity index (χ4v) is 2.57. The summed E-state index contributed by atoms with van der Waals surface area (Å²) in [6, 6.07) is 6.59. The largest absolute Gasteiger partial charge is 0.493 e. The smallest absolute Gasteiger partial charge is 0.240 e. The van der Waals surface area contributed by atoms with E-state index in [4.69, 9.17) is 9.88 Å². The van der Waals surface area contributed by atoms with E-state index in [1.807, 2.05) is 0 Å². The molecule has 0 spiro atoms. The van der Waals surface area contributed by atoms with Crippen molar-refractivity contribution >= 4 is 20.9 Å². The van der Waals surface area contributed by atoms with Crippen LogP contribution in [0.4, 0.5) is 0 Å². The molecule has 0 radical (unpaired) electrons. The Balaban J connectivity index is 2.44. The van der Waals surface area contributed by atoms with Crippen molar-refractivity contribution in [2.75, 3.05) is 6.61 Å². The second kappa shape index (κ2) is 5.76. The molecule has 1 aromatic heterocycles. The van der Waals surface area contributed by atoms with Crippen LogP contribution in [0, 0.1) is 5.92 Å². The maximum absolute atomic E-state index is 11.6. The fourth-order valence-electron chi connectivity index (χ4n) is 1.88. The maximum atomic E-state index is 11.6. The molecule has 20 heavy (non-hydrogen) atoms. The van der Waals surface area contributed by atoms with Gasteiger partial charge in [-0.1, -0.05) is 13.8 Å². The standard InChI is InChI=1S/C14H18N2O3S/c1-10(2)7-9-19-12-5-6-13(20(15,17)18)14-11(12)4-3-8-16-14/h3-6,8,10H,7,9H2,1-2H3,(H2,15,17,18). The molecule has 5 nitrogen and oxygen atoms in total. The normalized spacial score (nSPS) is 12.0. The third-order valence-electron chi connectivity index (χ3n) is 2.95. The van der Waals surface area contributed by atoms with E-state index in [2.05, 4.69) is 18.8 Å². The van der Waals surface area contributed by atoms with Gasteiger partial charge in [-0.2, -0.15) is 0 Å². The van der Waals surface area contributed by atoms with Gasteiger partial charge in [0.25, 0.3) is 0 Å². The molecule has 2 aromatic rings. The first kappa shape index (κ1) is 14.7. The summed E-state index contributed by atoms with van der Waals surface area (Å²) in [7, 11) is -3.80. The van der Waals surface area contributed by atoms with Crippen LogP contribution in [0.25, 0.3) is 10.9 Å². The van der Waals surface area contributed by atoms with Crippen LogP contribution in [0.3, 0.4) is 0 Å². The Morgan fingerprint density at radius 3 is 2.70 bits per heavy atom. The third kappa shape index (κ3) is 3.26. The topological polar surface area (TPSA) is 82.3 Å². The molecule has 2 rings (SSSR count). The summed E-state index contributed by atoms with van der Waals surface area (Å²) in [5, 5.41) is 5.86. The van der Waals surface area contributed by atoms with Crippen LogP contribution < -0.4 is 9.88 Å². The molecule has 6 heteroatoms. The van der Waals surface area contributed by atoms with Crippen molar-refractivity contribution in [2.45, 2.75) is 25.2 Å². The minimum absolute atomic E-state index is 0.0179. The van der Waals surface area contributed by atoms with Gasteiger partial charge in [-0.3, -0.25) is 4.98 Å². The monoisotopic (exact) mass is 294 g/mol. The molecule has 0 amide bonds. The summed E-state index contributed by atoms with van der Waals surface area (Å²) in [5.74, 6) is 1.17. The number of ether oxygens (including phenoxy) is 1. The van der Waals surface area contributed by atoms with Crippen LogP contribution in [0.15, 0.2) is 35.4 Å². The lowest BCUT2D eigenvalue weighted by molar-refractivity contribution is 0.292. The Morgan fingerprint density at radius 1 is 1.30 bits per heavy atom. The van der Waals surface area contributed by atoms with Crippen molar-refractivity contribution in [3.8, 4) is 5.75 Å². The number of benzene rings is 1. The van der Waals surface area contributed by atoms with E-state index >= 15 is 0 Å². The number of fused-ring (bicyclic) bond motifs is 1. The van der Waals surface area contributed by atoms with Crippen molar-refractivity contribution in [1.29, 1.82) is 0 Å². The minimum atomic E-state index is -3.80. The second-order valence-corrected chi connectivity index (χ2v) is 6.57. The highest BCUT2D eigenvalue weighted by Crippen LogP contribution is 2.29. The van der Waals surface area contributed by atoms with Crippen LogP contribution in [0.5, 0.6) is 5.75 Å². The molecule has 0 aliphatic carbocycles. The highest BCUT2D eigenvalue weighted by Gasteiger charge is 2.16. The summed E-state index contributed by atoms with van der Waals surface area (Å²) in [4.78, 5) is 4.13. The van der Waals surface area contributed by atoms with Crippen molar-refractivity contribution < 1.29 is 13.2 Å². The third-order valence-corrected chi connectivity index (χ3v) is 3.89. The molecule has 0 saturated heterocycles. The van der Waals surface area contributed by atoms with Crippen molar-refractivity contribution in [3.05, 3.63) is 30.5 Å². The van der Waals surface area contributed by atoms with Crippen LogP contribution in [0.2, 0.25) is 0 Å². The molecule has 0 unspecified atom stereocenters. The van der Waals surface area contributed by atoms with Gasteiger partial charge < -0.3 is 4.74 Å². The van der Waals surface area contributed by atoms with E-state index in [1.54, 1.807) is 18.2 Å². The molecule has 1 heterocycles. The Bertz CT molecular complexity index is 711. The summed E-state index contributed by atoms with van der Waals surface area (Å²) in [6.07, 6.45) is 2.47. The molecule has 0 aliphatic rings. The molecule has 0 atom stereocenters. The molecule has 108 valence electrons. The number of nitrogens with zero attached hydrogens (tertiary/aromatic N) is 1. The van der Waals surface area contributed by atoms with Gasteiger partial charge in [-0.25, -0.2) is 13.6 Å². The predicted octanol–water partition coefficient (Wildman–Crippen LogP) is 2.31. The van der Waals surface area contributed by atoms with Gasteiger partial charge >= 0.3 is 0 Å². The SMILES string of the molecule is CC(C)CCOc1ccc(S(N)(=O)=O)c2ncccc12. The fraction of sp³-hybridized carbons (Fsp3) is 0.357. The van der Waals surface area contributed by atoms with E-state index in [0.717, 1.165) is 6.42 Å². The zero-order valence-corrected chi connectivity index (χ0v) is 12.4. The summed E-state index contributed by atoms with van der Waals surface area (Å²) in [5.41, 5.74) is 0.344. The van der Waals surface area contributed by atoms with E-state index in [9.17, 15) is 8.42 Å². The van der Waals surface area contributed by atoms with Gasteiger partial charge in [0.05, 0.1) is 12.1 Å². The maximum Gasteiger partial charge on any atom is 0.240 e. The molecule has 0 saturated carbocycles. The highest BCUT2D eigenvalue weighted by molar-refractivity contribution is 7.89. The number of nitrogens with two attached hydrogens (primary N) is 1. The number of hydrogen-bond acceptors (Lipinski definition) is 4. The number of aromatic nitrogens is 1. The lowest BCUT2D eigenvalue weighted by atomic mass is 10.1. The summed E-state index contributed by atoms with van der Waals surface area (Å²) in [6.45, 7) is 4.82. The van der Waals surface area contributed by atoms with E-state index < -0.39 is 10.0 Å². The summed E-state index contributed by atoms with van der Waals surface area (Å²) >= 11 is 0. The molecular formula is C14H18N2O3S. The highest BCUT2D eigenvalue weighted by atomic mass is 32.2. The predicted molar refractivity (Wildman–Crippen MR) is 78.1 cm³/mol. The molecular weight excluding hydrogens is 276 g/mol. The molecule has 0 fully saturated rings. The van der Waals surface area contributed by atoms with Crippen LogP contribution in [-0.4, -0.2) is 20.0 Å². The zero-order chi connectivity index (χ0) is 14.8. The molecule has 0 aliphatic heterocycles. The Morgan fingerprint density at radius 2 is 2.05 bits per heavy atom. The van der Waals surface area contributed by atoms with Gasteiger partial charge in [0, 0.05) is 11.6 Å². The Hall–Kier alpha value is -1.66. The lowest BCUT2D eigenvalue weighted by Crippen LogP contribution is -2.13. The number of primary sulfonamides is 1. The van der Waals surface area contributed by atoms with Gasteiger partial charge in [-0.05, 0) is 36.6 Å². The van der Waals surface area contributed by atoms with Crippen LogP contribution in [-0.2, 0) is 10.0 Å². The molecule has 2 N–H and O–H groups in total. The Labute approximate surface area is 118 Å². The van der Waals surface area contributed by atoms with E-state index in [0.29, 0.717) is 29.2 Å². The first-order chi connectivity index (χ1) is 9.39. The number of rotatable bonds is 5. The quantitative estimate of drug-likeness (QED) is 0.917. The lowest BCUT2D eigenvalue weighted by Gasteiger charge is -2.12. The van der Waals surface area contributed by atoms with Crippen LogP contribution in [0.1, 0.15) is 20.3 Å². The van der Waals surface area contributed by atoms with Gasteiger partial charge in [0.1, 0.15) is 10.6 Å². The average molecular weight is 294 g/mol.